The van der Waals surface area contributed by atoms with Gasteiger partial charge in [0.25, 0.3) is 0 Å². The van der Waals surface area contributed by atoms with Crippen LogP contribution in [0.25, 0.3) is 5.70 Å². The number of nitrogens with zero attached hydrogens (tertiary/aromatic N) is 2. The molecule has 0 unspecified atom stereocenters. The maximum Gasteiger partial charge on any atom is 0.338 e. The van der Waals surface area contributed by atoms with Gasteiger partial charge in [-0.2, -0.15) is 0 Å². The summed E-state index contributed by atoms with van der Waals surface area (Å²) in [5.41, 5.74) is 3.76. The monoisotopic (exact) mass is 406 g/mol. The van der Waals surface area contributed by atoms with E-state index in [0.717, 1.165) is 16.7 Å². The van der Waals surface area contributed by atoms with Crippen molar-refractivity contribution in [2.45, 2.75) is 32.1 Å². The van der Waals surface area contributed by atoms with E-state index in [2.05, 4.69) is 0 Å². The zero-order valence-electron chi connectivity index (χ0n) is 16.6. The van der Waals surface area contributed by atoms with Gasteiger partial charge >= 0.3 is 5.97 Å². The first-order valence-corrected chi connectivity index (χ1v) is 10.5. The van der Waals surface area contributed by atoms with E-state index >= 15 is 0 Å². The number of amidine groups is 1. The van der Waals surface area contributed by atoms with Crippen molar-refractivity contribution in [3.63, 3.8) is 0 Å². The summed E-state index contributed by atoms with van der Waals surface area (Å²) in [7, 11) is 0. The second-order valence-corrected chi connectivity index (χ2v) is 8.33. The highest BCUT2D eigenvalue weighted by atomic mass is 32.2. The van der Waals surface area contributed by atoms with E-state index in [0.29, 0.717) is 16.4 Å². The molecule has 2 aromatic carbocycles. The van der Waals surface area contributed by atoms with E-state index in [-0.39, 0.29) is 17.8 Å². The van der Waals surface area contributed by atoms with Crippen LogP contribution in [0.1, 0.15) is 36.6 Å². The summed E-state index contributed by atoms with van der Waals surface area (Å²) in [6, 6.07) is 16.9. The van der Waals surface area contributed by atoms with E-state index in [4.69, 9.17) is 9.73 Å². The third-order valence-corrected chi connectivity index (χ3v) is 6.06. The highest BCUT2D eigenvalue weighted by molar-refractivity contribution is 8.15. The van der Waals surface area contributed by atoms with Gasteiger partial charge in [0, 0.05) is 5.56 Å². The van der Waals surface area contributed by atoms with Gasteiger partial charge < -0.3 is 4.74 Å². The first-order chi connectivity index (χ1) is 14.0. The lowest BCUT2D eigenvalue weighted by molar-refractivity contribution is -0.139. The normalized spacial score (nSPS) is 21.1. The number of ether oxygens (including phenoxy) is 1. The molecule has 0 bridgehead atoms. The third kappa shape index (κ3) is 3.49. The summed E-state index contributed by atoms with van der Waals surface area (Å²) in [6.45, 7) is 5.90. The molecule has 0 saturated carbocycles. The summed E-state index contributed by atoms with van der Waals surface area (Å²) in [5.74, 6) is -0.495. The number of thioether (sulfide) groups is 1. The molecule has 2 aromatic rings. The Morgan fingerprint density at radius 3 is 2.48 bits per heavy atom. The fourth-order valence-electron chi connectivity index (χ4n) is 3.59. The molecule has 2 heterocycles. The average Bonchev–Trinajstić information content (AvgIpc) is 3.02. The van der Waals surface area contributed by atoms with Crippen LogP contribution in [0.2, 0.25) is 0 Å². The minimum absolute atomic E-state index is 0.0479. The number of benzene rings is 2. The number of esters is 1. The van der Waals surface area contributed by atoms with Crippen LogP contribution < -0.4 is 0 Å². The smallest absolute Gasteiger partial charge is 0.338 e. The zero-order chi connectivity index (χ0) is 20.5. The predicted octanol–water partition coefficient (Wildman–Crippen LogP) is 4.34. The van der Waals surface area contributed by atoms with Gasteiger partial charge in [-0.1, -0.05) is 71.9 Å². The molecule has 1 amide bonds. The second-order valence-electron chi connectivity index (χ2n) is 7.02. The van der Waals surface area contributed by atoms with E-state index in [1.807, 2.05) is 68.4 Å². The Labute approximate surface area is 174 Å². The van der Waals surface area contributed by atoms with Crippen molar-refractivity contribution >= 4 is 34.5 Å². The lowest BCUT2D eigenvalue weighted by Crippen LogP contribution is -2.40. The number of hydrogen-bond donors (Lipinski definition) is 0. The number of carbonyl (C=O) groups excluding carboxylic acids is 2. The molecule has 0 N–H and O–H groups in total. The molecule has 0 aromatic heterocycles. The molecule has 2 aliphatic heterocycles. The van der Waals surface area contributed by atoms with Gasteiger partial charge in [0.1, 0.15) is 0 Å². The van der Waals surface area contributed by atoms with Gasteiger partial charge in [-0.15, -0.1) is 0 Å². The van der Waals surface area contributed by atoms with Gasteiger partial charge in [0.05, 0.1) is 29.2 Å². The van der Waals surface area contributed by atoms with Gasteiger partial charge in [0.2, 0.25) is 5.91 Å². The Balaban J connectivity index is 1.97. The standard InChI is InChI=1S/C23H22N2O3S/c1-4-28-22(27)18-19(16-8-6-5-7-9-16)24-23-25(21(26)15(3)29-23)20(18)17-12-10-14(2)11-13-17/h5-13,15,20H,4H2,1-3H3/t15-,20+/m0/s1. The maximum atomic E-state index is 13.1. The number of carbonyl (C=O) groups is 2. The average molecular weight is 407 g/mol. The Morgan fingerprint density at radius 1 is 1.14 bits per heavy atom. The van der Waals surface area contributed by atoms with E-state index in [9.17, 15) is 9.59 Å². The van der Waals surface area contributed by atoms with Crippen molar-refractivity contribution in [3.8, 4) is 0 Å². The van der Waals surface area contributed by atoms with Crippen molar-refractivity contribution in [2.24, 2.45) is 4.99 Å². The molecule has 0 spiro atoms. The van der Waals surface area contributed by atoms with Crippen LogP contribution in [0.15, 0.2) is 65.2 Å². The Morgan fingerprint density at radius 2 is 1.83 bits per heavy atom. The number of aliphatic imine (C=N–C) groups is 1. The zero-order valence-corrected chi connectivity index (χ0v) is 17.4. The quantitative estimate of drug-likeness (QED) is 0.709. The summed E-state index contributed by atoms with van der Waals surface area (Å²) < 4.78 is 5.41. The second kappa shape index (κ2) is 7.87. The highest BCUT2D eigenvalue weighted by Gasteiger charge is 2.47. The van der Waals surface area contributed by atoms with Crippen molar-refractivity contribution in [3.05, 3.63) is 76.9 Å². The molecule has 1 saturated heterocycles. The molecule has 148 valence electrons. The number of aryl methyl sites for hydroxylation is 1. The molecule has 2 aliphatic rings. The van der Waals surface area contributed by atoms with Crippen molar-refractivity contribution in [1.29, 1.82) is 0 Å². The van der Waals surface area contributed by atoms with E-state index < -0.39 is 12.0 Å². The van der Waals surface area contributed by atoms with Gasteiger partial charge in [-0.05, 0) is 26.3 Å². The molecule has 1 fully saturated rings. The molecule has 2 atom stereocenters. The molecule has 0 radical (unpaired) electrons. The number of amides is 1. The molecule has 0 aliphatic carbocycles. The fraction of sp³-hybridized carbons (Fsp3) is 0.261. The third-order valence-electron chi connectivity index (χ3n) is 5.00. The Hall–Kier alpha value is -2.86. The molecule has 6 heteroatoms. The van der Waals surface area contributed by atoms with E-state index in [1.165, 1.54) is 11.8 Å². The highest BCUT2D eigenvalue weighted by Crippen LogP contribution is 2.45. The minimum atomic E-state index is -0.567. The van der Waals surface area contributed by atoms with Crippen molar-refractivity contribution < 1.29 is 14.3 Å². The summed E-state index contributed by atoms with van der Waals surface area (Å²) >= 11 is 1.42. The van der Waals surface area contributed by atoms with Crippen LogP contribution >= 0.6 is 11.8 Å². The fourth-order valence-corrected chi connectivity index (χ4v) is 4.57. The topological polar surface area (TPSA) is 59.0 Å². The van der Waals surface area contributed by atoms with Crippen LogP contribution in [-0.4, -0.2) is 33.8 Å². The number of fused-ring (bicyclic) bond motifs is 1. The van der Waals surface area contributed by atoms with Crippen molar-refractivity contribution in [2.75, 3.05) is 6.61 Å². The van der Waals surface area contributed by atoms with Crippen LogP contribution in [0.3, 0.4) is 0 Å². The maximum absolute atomic E-state index is 13.1. The molecular formula is C23H22N2O3S. The van der Waals surface area contributed by atoms with Crippen LogP contribution in [-0.2, 0) is 14.3 Å². The van der Waals surface area contributed by atoms with Gasteiger partial charge in [0.15, 0.2) is 5.17 Å². The van der Waals surface area contributed by atoms with Crippen LogP contribution in [0.4, 0.5) is 0 Å². The lowest BCUT2D eigenvalue weighted by Gasteiger charge is -2.33. The van der Waals surface area contributed by atoms with Crippen LogP contribution in [0, 0.1) is 6.92 Å². The lowest BCUT2D eigenvalue weighted by atomic mass is 9.91. The van der Waals surface area contributed by atoms with Gasteiger partial charge in [-0.3, -0.25) is 9.69 Å². The van der Waals surface area contributed by atoms with Crippen LogP contribution in [0.5, 0.6) is 0 Å². The van der Waals surface area contributed by atoms with E-state index in [1.54, 1.807) is 11.8 Å². The minimum Gasteiger partial charge on any atom is -0.463 e. The largest absolute Gasteiger partial charge is 0.463 e. The summed E-state index contributed by atoms with van der Waals surface area (Å²) in [5, 5.41) is 0.375. The first kappa shape index (κ1) is 19.5. The molecule has 5 nitrogen and oxygen atoms in total. The van der Waals surface area contributed by atoms with Gasteiger partial charge in [-0.25, -0.2) is 9.79 Å². The molecule has 29 heavy (non-hydrogen) atoms. The Bertz CT molecular complexity index is 1010. The summed E-state index contributed by atoms with van der Waals surface area (Å²) in [6.07, 6.45) is 0. The summed E-state index contributed by atoms with van der Waals surface area (Å²) in [4.78, 5) is 32.5. The predicted molar refractivity (Wildman–Crippen MR) is 115 cm³/mol. The Kier molecular flexibility index (Phi) is 5.28. The first-order valence-electron chi connectivity index (χ1n) is 9.63. The van der Waals surface area contributed by atoms with Crippen molar-refractivity contribution in [1.82, 2.24) is 4.90 Å². The molecule has 4 rings (SSSR count). The SMILES string of the molecule is CCOC(=O)C1=C(c2ccccc2)N=C2S[C@@H](C)C(=O)N2[C@@H]1c1ccc(C)cc1. The number of hydrogen-bond acceptors (Lipinski definition) is 5. The number of rotatable bonds is 4. The molecular weight excluding hydrogens is 384 g/mol.